The SMILES string of the molecule is CNCC(C)C(=O)Nc1ccccc1OCC(=O)N1CCOCC1. The van der Waals surface area contributed by atoms with E-state index in [1.165, 1.54) is 0 Å². The predicted molar refractivity (Wildman–Crippen MR) is 91.1 cm³/mol. The molecule has 1 heterocycles. The number of ether oxygens (including phenoxy) is 2. The molecule has 0 bridgehead atoms. The Bertz CT molecular complexity index is 559. The Kier molecular flexibility index (Phi) is 7.02. The average Bonchev–Trinajstić information content (AvgIpc) is 2.61. The lowest BCUT2D eigenvalue weighted by atomic mass is 10.1. The molecule has 0 spiro atoms. The third-order valence-electron chi connectivity index (χ3n) is 3.82. The fraction of sp³-hybridized carbons (Fsp3) is 0.529. The second-order valence-electron chi connectivity index (χ2n) is 5.73. The number of hydrogen-bond donors (Lipinski definition) is 2. The summed E-state index contributed by atoms with van der Waals surface area (Å²) < 4.78 is 10.9. The largest absolute Gasteiger partial charge is 0.482 e. The second kappa shape index (κ2) is 9.24. The lowest BCUT2D eigenvalue weighted by Gasteiger charge is -2.26. The van der Waals surface area contributed by atoms with Crippen molar-refractivity contribution in [3.05, 3.63) is 24.3 Å². The maximum Gasteiger partial charge on any atom is 0.260 e. The topological polar surface area (TPSA) is 79.9 Å². The molecule has 0 saturated carbocycles. The summed E-state index contributed by atoms with van der Waals surface area (Å²) in [6, 6.07) is 7.12. The van der Waals surface area contributed by atoms with Gasteiger partial charge in [-0.1, -0.05) is 19.1 Å². The van der Waals surface area contributed by atoms with Gasteiger partial charge in [-0.2, -0.15) is 0 Å². The molecular weight excluding hydrogens is 310 g/mol. The van der Waals surface area contributed by atoms with E-state index in [0.717, 1.165) is 0 Å². The minimum absolute atomic E-state index is 0.0566. The van der Waals surface area contributed by atoms with Gasteiger partial charge in [0, 0.05) is 25.6 Å². The molecule has 7 heteroatoms. The molecule has 1 aliphatic rings. The Morgan fingerprint density at radius 1 is 1.29 bits per heavy atom. The van der Waals surface area contributed by atoms with Crippen LogP contribution in [0.25, 0.3) is 0 Å². The summed E-state index contributed by atoms with van der Waals surface area (Å²) in [6.45, 7) is 4.66. The lowest BCUT2D eigenvalue weighted by Crippen LogP contribution is -2.43. The summed E-state index contributed by atoms with van der Waals surface area (Å²) >= 11 is 0. The smallest absolute Gasteiger partial charge is 0.260 e. The van der Waals surface area contributed by atoms with Crippen molar-refractivity contribution >= 4 is 17.5 Å². The molecule has 0 aliphatic carbocycles. The summed E-state index contributed by atoms with van der Waals surface area (Å²) in [6.07, 6.45) is 0. The highest BCUT2D eigenvalue weighted by Gasteiger charge is 2.18. The van der Waals surface area contributed by atoms with Gasteiger partial charge in [-0.3, -0.25) is 9.59 Å². The zero-order chi connectivity index (χ0) is 17.4. The predicted octanol–water partition coefficient (Wildman–Crippen LogP) is 0.718. The molecule has 2 N–H and O–H groups in total. The van der Waals surface area contributed by atoms with Crippen LogP contribution in [0.1, 0.15) is 6.92 Å². The van der Waals surface area contributed by atoms with Gasteiger partial charge < -0.3 is 25.0 Å². The van der Waals surface area contributed by atoms with Crippen LogP contribution in [0.15, 0.2) is 24.3 Å². The summed E-state index contributed by atoms with van der Waals surface area (Å²) in [5, 5.41) is 5.82. The number of morpholine rings is 1. The van der Waals surface area contributed by atoms with E-state index in [1.54, 1.807) is 30.1 Å². The van der Waals surface area contributed by atoms with E-state index in [2.05, 4.69) is 10.6 Å². The van der Waals surface area contributed by atoms with Gasteiger partial charge in [0.25, 0.3) is 5.91 Å². The Morgan fingerprint density at radius 2 is 2.00 bits per heavy atom. The number of rotatable bonds is 7. The molecule has 24 heavy (non-hydrogen) atoms. The first-order valence-corrected chi connectivity index (χ1v) is 8.14. The fourth-order valence-corrected chi connectivity index (χ4v) is 2.39. The van der Waals surface area contributed by atoms with E-state index in [-0.39, 0.29) is 24.3 Å². The van der Waals surface area contributed by atoms with Gasteiger partial charge in [0.2, 0.25) is 5.91 Å². The lowest BCUT2D eigenvalue weighted by molar-refractivity contribution is -0.137. The summed E-state index contributed by atoms with van der Waals surface area (Å²) in [7, 11) is 1.80. The number of anilines is 1. The first-order valence-electron chi connectivity index (χ1n) is 8.14. The Balaban J connectivity index is 1.93. The molecule has 1 fully saturated rings. The highest BCUT2D eigenvalue weighted by molar-refractivity contribution is 5.94. The van der Waals surface area contributed by atoms with Crippen molar-refractivity contribution < 1.29 is 19.1 Å². The van der Waals surface area contributed by atoms with Crippen molar-refractivity contribution in [1.82, 2.24) is 10.2 Å². The van der Waals surface area contributed by atoms with Crippen molar-refractivity contribution in [3.8, 4) is 5.75 Å². The van der Waals surface area contributed by atoms with Crippen molar-refractivity contribution in [2.45, 2.75) is 6.92 Å². The first-order chi connectivity index (χ1) is 11.6. The van der Waals surface area contributed by atoms with Crippen molar-refractivity contribution in [2.24, 2.45) is 5.92 Å². The molecule has 1 saturated heterocycles. The van der Waals surface area contributed by atoms with Crippen LogP contribution in [0.3, 0.4) is 0 Å². The molecule has 2 rings (SSSR count). The van der Waals surface area contributed by atoms with Crippen LogP contribution in [-0.2, 0) is 14.3 Å². The second-order valence-corrected chi connectivity index (χ2v) is 5.73. The van der Waals surface area contributed by atoms with Gasteiger partial charge in [0.1, 0.15) is 5.75 Å². The van der Waals surface area contributed by atoms with Gasteiger partial charge in [0.05, 0.1) is 18.9 Å². The molecule has 132 valence electrons. The van der Waals surface area contributed by atoms with Gasteiger partial charge in [-0.05, 0) is 19.2 Å². The maximum atomic E-state index is 12.1. The van der Waals surface area contributed by atoms with Gasteiger partial charge in [0.15, 0.2) is 6.61 Å². The molecule has 1 aliphatic heterocycles. The van der Waals surface area contributed by atoms with Crippen LogP contribution < -0.4 is 15.4 Å². The van der Waals surface area contributed by atoms with Crippen LogP contribution in [-0.4, -0.2) is 63.2 Å². The van der Waals surface area contributed by atoms with E-state index in [1.807, 2.05) is 13.0 Å². The molecule has 1 atom stereocenters. The monoisotopic (exact) mass is 335 g/mol. The number of benzene rings is 1. The quantitative estimate of drug-likeness (QED) is 0.767. The number of nitrogens with one attached hydrogen (secondary N) is 2. The number of nitrogens with zero attached hydrogens (tertiary/aromatic N) is 1. The maximum absolute atomic E-state index is 12.1. The average molecular weight is 335 g/mol. The van der Waals surface area contributed by atoms with Crippen LogP contribution in [0.5, 0.6) is 5.75 Å². The van der Waals surface area contributed by atoms with Crippen LogP contribution in [0, 0.1) is 5.92 Å². The van der Waals surface area contributed by atoms with E-state index in [9.17, 15) is 9.59 Å². The van der Waals surface area contributed by atoms with Crippen LogP contribution in [0.4, 0.5) is 5.69 Å². The highest BCUT2D eigenvalue weighted by atomic mass is 16.5. The highest BCUT2D eigenvalue weighted by Crippen LogP contribution is 2.24. The fourth-order valence-electron chi connectivity index (χ4n) is 2.39. The molecule has 1 aromatic carbocycles. The summed E-state index contributed by atoms with van der Waals surface area (Å²) in [5.41, 5.74) is 0.570. The molecular formula is C17H25N3O4. The number of hydrogen-bond acceptors (Lipinski definition) is 5. The van der Waals surface area contributed by atoms with Crippen LogP contribution in [0.2, 0.25) is 0 Å². The van der Waals surface area contributed by atoms with Crippen molar-refractivity contribution in [2.75, 3.05) is 51.8 Å². The van der Waals surface area contributed by atoms with Gasteiger partial charge in [-0.25, -0.2) is 0 Å². The van der Waals surface area contributed by atoms with E-state index < -0.39 is 0 Å². The Labute approximate surface area is 142 Å². The minimum Gasteiger partial charge on any atom is -0.482 e. The number of carbonyl (C=O) groups excluding carboxylic acids is 2. The molecule has 2 amide bonds. The number of para-hydroxylation sites is 2. The standard InChI is InChI=1S/C17H25N3O4/c1-13(11-18-2)17(22)19-14-5-3-4-6-15(14)24-12-16(21)20-7-9-23-10-8-20/h3-6,13,18H,7-12H2,1-2H3,(H,19,22). The van der Waals surface area contributed by atoms with Gasteiger partial charge in [-0.15, -0.1) is 0 Å². The van der Waals surface area contributed by atoms with Crippen molar-refractivity contribution in [1.29, 1.82) is 0 Å². The number of carbonyl (C=O) groups is 2. The zero-order valence-corrected chi connectivity index (χ0v) is 14.2. The minimum atomic E-state index is -0.168. The molecule has 0 radical (unpaired) electrons. The van der Waals surface area contributed by atoms with E-state index >= 15 is 0 Å². The molecule has 0 aromatic heterocycles. The molecule has 7 nitrogen and oxygen atoms in total. The van der Waals surface area contributed by atoms with E-state index in [4.69, 9.17) is 9.47 Å². The normalized spacial score (nSPS) is 15.7. The summed E-state index contributed by atoms with van der Waals surface area (Å²) in [5.74, 6) is 0.144. The first kappa shape index (κ1) is 18.2. The summed E-state index contributed by atoms with van der Waals surface area (Å²) in [4.78, 5) is 26.0. The molecule has 1 aromatic rings. The van der Waals surface area contributed by atoms with E-state index in [0.29, 0.717) is 44.3 Å². The third kappa shape index (κ3) is 5.21. The van der Waals surface area contributed by atoms with Crippen LogP contribution >= 0.6 is 0 Å². The zero-order valence-electron chi connectivity index (χ0n) is 14.2. The number of amides is 2. The Morgan fingerprint density at radius 3 is 2.71 bits per heavy atom. The van der Waals surface area contributed by atoms with Crippen molar-refractivity contribution in [3.63, 3.8) is 0 Å². The molecule has 1 unspecified atom stereocenters. The van der Waals surface area contributed by atoms with Gasteiger partial charge >= 0.3 is 0 Å². The third-order valence-corrected chi connectivity index (χ3v) is 3.82. The Hall–Kier alpha value is -2.12.